The molecule has 2 rings (SSSR count). The van der Waals surface area contributed by atoms with Crippen LogP contribution in [0.2, 0.25) is 0 Å². The molecule has 2 N–H and O–H groups in total. The van der Waals surface area contributed by atoms with E-state index in [9.17, 15) is 0 Å². The van der Waals surface area contributed by atoms with Crippen molar-refractivity contribution in [3.05, 3.63) is 17.7 Å². The highest BCUT2D eigenvalue weighted by Gasteiger charge is 2.14. The molecule has 0 aromatic heterocycles. The van der Waals surface area contributed by atoms with E-state index in [0.29, 0.717) is 35.7 Å². The SMILES string of the molecule is CN=C(NCCCOCC1CCOCC1)NCc1c(OC)cc(OC)cc1OC.I. The van der Waals surface area contributed by atoms with Gasteiger partial charge in [0.05, 0.1) is 33.4 Å². The van der Waals surface area contributed by atoms with Gasteiger partial charge >= 0.3 is 0 Å². The Morgan fingerprint density at radius 3 is 2.30 bits per heavy atom. The summed E-state index contributed by atoms with van der Waals surface area (Å²) in [6.45, 7) is 4.58. The molecule has 172 valence electrons. The Hall–Kier alpha value is -1.46. The van der Waals surface area contributed by atoms with Crippen LogP contribution in [-0.2, 0) is 16.0 Å². The van der Waals surface area contributed by atoms with E-state index < -0.39 is 0 Å². The van der Waals surface area contributed by atoms with Crippen LogP contribution < -0.4 is 24.8 Å². The van der Waals surface area contributed by atoms with Crippen LogP contribution in [0.15, 0.2) is 17.1 Å². The lowest BCUT2D eigenvalue weighted by atomic mass is 10.0. The van der Waals surface area contributed by atoms with Crippen molar-refractivity contribution in [2.45, 2.75) is 25.8 Å². The van der Waals surface area contributed by atoms with Gasteiger partial charge in [-0.15, -0.1) is 24.0 Å². The lowest BCUT2D eigenvalue weighted by Gasteiger charge is -2.21. The summed E-state index contributed by atoms with van der Waals surface area (Å²) in [7, 11) is 6.63. The number of aliphatic imine (C=N–C) groups is 1. The average Bonchev–Trinajstić information content (AvgIpc) is 2.78. The number of hydrogen-bond donors (Lipinski definition) is 2. The van der Waals surface area contributed by atoms with Gasteiger partial charge in [0.25, 0.3) is 0 Å². The zero-order valence-corrected chi connectivity index (χ0v) is 20.8. The van der Waals surface area contributed by atoms with Crippen LogP contribution in [0.4, 0.5) is 0 Å². The molecule has 0 radical (unpaired) electrons. The lowest BCUT2D eigenvalue weighted by molar-refractivity contribution is 0.0203. The predicted octanol–water partition coefficient (Wildman–Crippen LogP) is 2.83. The zero-order valence-electron chi connectivity index (χ0n) is 18.5. The molecule has 0 aliphatic carbocycles. The third-order valence-electron chi connectivity index (χ3n) is 4.93. The smallest absolute Gasteiger partial charge is 0.191 e. The lowest BCUT2D eigenvalue weighted by Crippen LogP contribution is -2.37. The molecule has 0 unspecified atom stereocenters. The van der Waals surface area contributed by atoms with E-state index in [2.05, 4.69) is 15.6 Å². The Morgan fingerprint density at radius 1 is 1.07 bits per heavy atom. The van der Waals surface area contributed by atoms with Crippen molar-refractivity contribution < 1.29 is 23.7 Å². The Labute approximate surface area is 197 Å². The number of benzene rings is 1. The van der Waals surface area contributed by atoms with Gasteiger partial charge in [-0.3, -0.25) is 4.99 Å². The molecule has 1 aromatic carbocycles. The zero-order chi connectivity index (χ0) is 20.9. The van der Waals surface area contributed by atoms with Crippen LogP contribution in [0.3, 0.4) is 0 Å². The van der Waals surface area contributed by atoms with Crippen molar-refractivity contribution in [3.8, 4) is 17.2 Å². The molecule has 1 aliphatic rings. The molecule has 0 amide bonds. The quantitative estimate of drug-likeness (QED) is 0.195. The van der Waals surface area contributed by atoms with Crippen LogP contribution in [0.1, 0.15) is 24.8 Å². The van der Waals surface area contributed by atoms with Crippen molar-refractivity contribution in [2.24, 2.45) is 10.9 Å². The topological polar surface area (TPSA) is 82.6 Å². The van der Waals surface area contributed by atoms with Gasteiger partial charge in [0.2, 0.25) is 0 Å². The first kappa shape index (κ1) is 26.6. The molecule has 1 aromatic rings. The van der Waals surface area contributed by atoms with E-state index in [1.165, 1.54) is 0 Å². The van der Waals surface area contributed by atoms with E-state index in [1.807, 2.05) is 12.1 Å². The van der Waals surface area contributed by atoms with Crippen molar-refractivity contribution in [1.82, 2.24) is 10.6 Å². The summed E-state index contributed by atoms with van der Waals surface area (Å²) in [6.07, 6.45) is 3.12. The number of nitrogens with one attached hydrogen (secondary N) is 2. The van der Waals surface area contributed by atoms with Gasteiger partial charge in [0.15, 0.2) is 5.96 Å². The molecule has 1 aliphatic heterocycles. The van der Waals surface area contributed by atoms with Gasteiger partial charge in [0.1, 0.15) is 17.2 Å². The van der Waals surface area contributed by atoms with E-state index in [0.717, 1.165) is 57.8 Å². The van der Waals surface area contributed by atoms with Crippen molar-refractivity contribution in [2.75, 3.05) is 61.3 Å². The van der Waals surface area contributed by atoms with Crippen LogP contribution in [0.5, 0.6) is 17.2 Å². The Balaban J connectivity index is 0.00000450. The van der Waals surface area contributed by atoms with Crippen molar-refractivity contribution in [3.63, 3.8) is 0 Å². The minimum atomic E-state index is 0. The second kappa shape index (κ2) is 15.4. The summed E-state index contributed by atoms with van der Waals surface area (Å²) in [4.78, 5) is 4.27. The molecule has 0 saturated carbocycles. The van der Waals surface area contributed by atoms with E-state index in [-0.39, 0.29) is 24.0 Å². The van der Waals surface area contributed by atoms with Crippen LogP contribution in [-0.4, -0.2) is 67.3 Å². The minimum absolute atomic E-state index is 0. The highest BCUT2D eigenvalue weighted by molar-refractivity contribution is 14.0. The van der Waals surface area contributed by atoms with Crippen molar-refractivity contribution >= 4 is 29.9 Å². The third-order valence-corrected chi connectivity index (χ3v) is 4.93. The number of guanidine groups is 1. The summed E-state index contributed by atoms with van der Waals surface area (Å²) in [5.74, 6) is 3.44. The van der Waals surface area contributed by atoms with Gasteiger partial charge < -0.3 is 34.3 Å². The molecule has 1 fully saturated rings. The number of rotatable bonds is 11. The first-order chi connectivity index (χ1) is 14.2. The summed E-state index contributed by atoms with van der Waals surface area (Å²) in [6, 6.07) is 3.68. The fourth-order valence-corrected chi connectivity index (χ4v) is 3.19. The summed E-state index contributed by atoms with van der Waals surface area (Å²) >= 11 is 0. The molecule has 1 saturated heterocycles. The van der Waals surface area contributed by atoms with Crippen LogP contribution in [0.25, 0.3) is 0 Å². The Bertz CT molecular complexity index is 614. The van der Waals surface area contributed by atoms with Gasteiger partial charge in [-0.05, 0) is 25.2 Å². The molecule has 0 spiro atoms. The van der Waals surface area contributed by atoms with E-state index in [1.54, 1.807) is 28.4 Å². The third kappa shape index (κ3) is 8.73. The maximum Gasteiger partial charge on any atom is 0.191 e. The standard InChI is InChI=1S/C21H35N3O5.HI/c1-22-21(23-8-5-9-29-15-16-6-10-28-11-7-16)24-14-18-19(26-3)12-17(25-2)13-20(18)27-4;/h12-13,16H,5-11,14-15H2,1-4H3,(H2,22,23,24);1H. The normalized spacial score (nSPS) is 14.6. The molecular weight excluding hydrogens is 501 g/mol. The fourth-order valence-electron chi connectivity index (χ4n) is 3.19. The molecule has 8 nitrogen and oxygen atoms in total. The van der Waals surface area contributed by atoms with Crippen molar-refractivity contribution in [1.29, 1.82) is 0 Å². The molecule has 9 heteroatoms. The maximum atomic E-state index is 5.80. The summed E-state index contributed by atoms with van der Waals surface area (Å²) < 4.78 is 27.4. The van der Waals surface area contributed by atoms with Gasteiger partial charge in [0, 0.05) is 52.2 Å². The molecule has 0 atom stereocenters. The highest BCUT2D eigenvalue weighted by Crippen LogP contribution is 2.33. The van der Waals surface area contributed by atoms with Gasteiger partial charge in [-0.2, -0.15) is 0 Å². The number of methoxy groups -OCH3 is 3. The summed E-state index contributed by atoms with van der Waals surface area (Å²) in [5.41, 5.74) is 0.901. The average molecular weight is 537 g/mol. The van der Waals surface area contributed by atoms with E-state index in [4.69, 9.17) is 23.7 Å². The second-order valence-electron chi connectivity index (χ2n) is 6.85. The largest absolute Gasteiger partial charge is 0.496 e. The number of nitrogens with zero attached hydrogens (tertiary/aromatic N) is 1. The first-order valence-corrected chi connectivity index (χ1v) is 10.1. The monoisotopic (exact) mass is 537 g/mol. The van der Waals surface area contributed by atoms with Gasteiger partial charge in [-0.25, -0.2) is 0 Å². The van der Waals surface area contributed by atoms with Crippen LogP contribution >= 0.6 is 24.0 Å². The Kier molecular flexibility index (Phi) is 13.6. The Morgan fingerprint density at radius 2 is 1.73 bits per heavy atom. The minimum Gasteiger partial charge on any atom is -0.496 e. The maximum absolute atomic E-state index is 5.80. The number of ether oxygens (including phenoxy) is 5. The second-order valence-corrected chi connectivity index (χ2v) is 6.85. The highest BCUT2D eigenvalue weighted by atomic mass is 127. The van der Waals surface area contributed by atoms with Gasteiger partial charge in [-0.1, -0.05) is 0 Å². The fraction of sp³-hybridized carbons (Fsp3) is 0.667. The number of halogens is 1. The molecule has 30 heavy (non-hydrogen) atoms. The summed E-state index contributed by atoms with van der Waals surface area (Å²) in [5, 5.41) is 6.61. The van der Waals surface area contributed by atoms with Crippen LogP contribution in [0, 0.1) is 5.92 Å². The predicted molar refractivity (Wildman–Crippen MR) is 129 cm³/mol. The van der Waals surface area contributed by atoms with E-state index >= 15 is 0 Å². The molecule has 0 bridgehead atoms. The molecular formula is C21H36IN3O5. The molecule has 1 heterocycles. The first-order valence-electron chi connectivity index (χ1n) is 10.1. The number of hydrogen-bond acceptors (Lipinski definition) is 6.